The molecular weight excluding hydrogens is 168 g/mol. The quantitative estimate of drug-likeness (QED) is 0.646. The van der Waals surface area contributed by atoms with Gasteiger partial charge < -0.3 is 0 Å². The predicted molar refractivity (Wildman–Crippen MR) is 53.0 cm³/mol. The van der Waals surface area contributed by atoms with Gasteiger partial charge in [0.2, 0.25) is 0 Å². The highest BCUT2D eigenvalue weighted by atomic mass is 35.5. The highest BCUT2D eigenvalue weighted by Gasteiger charge is 2.17. The second kappa shape index (κ2) is 3.32. The fourth-order valence-electron chi connectivity index (χ4n) is 1.03. The van der Waals surface area contributed by atoms with Gasteiger partial charge in [-0.15, -0.1) is 0 Å². The molecule has 1 saturated carbocycles. The Morgan fingerprint density at radius 3 is 2.25 bits per heavy atom. The monoisotopic (exact) mass is 177 g/mol. The lowest BCUT2D eigenvalue weighted by Crippen LogP contribution is -1.70. The van der Waals surface area contributed by atoms with Gasteiger partial charge in [0.15, 0.2) is 0 Å². The molecule has 0 aliphatic heterocycles. The summed E-state index contributed by atoms with van der Waals surface area (Å²) in [4.78, 5) is 0. The molecule has 0 bridgehead atoms. The zero-order valence-electron chi connectivity index (χ0n) is 6.76. The van der Waals surface area contributed by atoms with Crippen LogP contribution in [0.5, 0.6) is 0 Å². The van der Waals surface area contributed by atoms with Crippen molar-refractivity contribution >= 4 is 17.7 Å². The van der Waals surface area contributed by atoms with Crippen molar-refractivity contribution in [2.75, 3.05) is 0 Å². The van der Waals surface area contributed by atoms with Crippen LogP contribution >= 0.6 is 11.6 Å². The molecule has 0 atom stereocenters. The summed E-state index contributed by atoms with van der Waals surface area (Å²) in [6, 6.07) is 7.89. The van der Waals surface area contributed by atoms with Crippen molar-refractivity contribution in [3.05, 3.63) is 46.8 Å². The molecule has 1 heteroatoms. The lowest BCUT2D eigenvalue weighted by Gasteiger charge is -1.92. The van der Waals surface area contributed by atoms with Gasteiger partial charge >= 0.3 is 0 Å². The molecule has 1 radical (unpaired) electrons. The lowest BCUT2D eigenvalue weighted by molar-refractivity contribution is 1.50. The maximum absolute atomic E-state index is 5.76. The second-order valence-corrected chi connectivity index (χ2v) is 3.48. The van der Waals surface area contributed by atoms with Crippen molar-refractivity contribution in [1.29, 1.82) is 0 Å². The Bertz CT molecular complexity index is 280. The zero-order valence-corrected chi connectivity index (χ0v) is 7.51. The van der Waals surface area contributed by atoms with Gasteiger partial charge in [-0.1, -0.05) is 35.9 Å². The summed E-state index contributed by atoms with van der Waals surface area (Å²) in [7, 11) is 0. The summed E-state index contributed by atoms with van der Waals surface area (Å²) in [5.74, 6) is 1.55. The first-order chi connectivity index (χ1) is 5.84. The predicted octanol–water partition coefficient (Wildman–Crippen LogP) is 3.72. The normalized spacial score (nSPS) is 17.1. The molecule has 2 rings (SSSR count). The number of rotatable bonds is 2. The average Bonchev–Trinajstić information content (AvgIpc) is 2.87. The summed E-state index contributed by atoms with van der Waals surface area (Å²) in [6.45, 7) is 0. The molecule has 0 amide bonds. The van der Waals surface area contributed by atoms with Gasteiger partial charge in [-0.2, -0.15) is 0 Å². The summed E-state index contributed by atoms with van der Waals surface area (Å²) < 4.78 is 0. The highest BCUT2D eigenvalue weighted by molar-refractivity contribution is 6.30. The van der Waals surface area contributed by atoms with Crippen LogP contribution in [0.2, 0.25) is 5.02 Å². The molecule has 12 heavy (non-hydrogen) atoms. The summed E-state index contributed by atoms with van der Waals surface area (Å²) >= 11 is 5.76. The molecule has 1 aromatic rings. The zero-order chi connectivity index (χ0) is 8.39. The Kier molecular flexibility index (Phi) is 2.18. The van der Waals surface area contributed by atoms with E-state index < -0.39 is 0 Å². The van der Waals surface area contributed by atoms with Gasteiger partial charge in [-0.25, -0.2) is 0 Å². The average molecular weight is 178 g/mol. The van der Waals surface area contributed by atoms with Crippen molar-refractivity contribution in [2.24, 2.45) is 0 Å². The van der Waals surface area contributed by atoms with E-state index in [-0.39, 0.29) is 0 Å². The third-order valence-corrected chi connectivity index (χ3v) is 2.17. The van der Waals surface area contributed by atoms with Crippen LogP contribution in [0.25, 0.3) is 6.08 Å². The minimum absolute atomic E-state index is 0.797. The van der Waals surface area contributed by atoms with E-state index in [1.54, 1.807) is 5.92 Å². The van der Waals surface area contributed by atoms with Gasteiger partial charge in [0.05, 0.1) is 0 Å². The van der Waals surface area contributed by atoms with Crippen molar-refractivity contribution < 1.29 is 0 Å². The van der Waals surface area contributed by atoms with Crippen molar-refractivity contribution in [2.45, 2.75) is 12.8 Å². The van der Waals surface area contributed by atoms with E-state index in [9.17, 15) is 0 Å². The van der Waals surface area contributed by atoms with Crippen LogP contribution in [0.1, 0.15) is 18.4 Å². The first-order valence-electron chi connectivity index (χ1n) is 4.13. The van der Waals surface area contributed by atoms with E-state index in [1.807, 2.05) is 24.3 Å². The first kappa shape index (κ1) is 7.88. The van der Waals surface area contributed by atoms with Crippen LogP contribution < -0.4 is 0 Å². The third-order valence-electron chi connectivity index (χ3n) is 1.92. The number of hydrogen-bond donors (Lipinski definition) is 0. The Balaban J connectivity index is 2.07. The molecule has 0 N–H and O–H groups in total. The Hall–Kier alpha value is -0.750. The number of benzene rings is 1. The molecule has 0 spiro atoms. The minimum Gasteiger partial charge on any atom is -0.0843 e. The second-order valence-electron chi connectivity index (χ2n) is 3.04. The molecule has 1 fully saturated rings. The maximum atomic E-state index is 5.76. The Morgan fingerprint density at radius 2 is 1.67 bits per heavy atom. The van der Waals surface area contributed by atoms with E-state index in [1.165, 1.54) is 18.4 Å². The van der Waals surface area contributed by atoms with Gasteiger partial charge in [0.25, 0.3) is 0 Å². The SMILES string of the molecule is Clc1ccc(C=C[C]2CC2)cc1. The van der Waals surface area contributed by atoms with Crippen LogP contribution in [0.3, 0.4) is 0 Å². The third kappa shape index (κ3) is 2.12. The highest BCUT2D eigenvalue weighted by Crippen LogP contribution is 2.33. The molecule has 0 aromatic heterocycles. The molecule has 0 saturated heterocycles. The van der Waals surface area contributed by atoms with Gasteiger partial charge in [-0.3, -0.25) is 0 Å². The summed E-state index contributed by atoms with van der Waals surface area (Å²) in [6.07, 6.45) is 6.90. The molecule has 0 unspecified atom stereocenters. The molecule has 0 nitrogen and oxygen atoms in total. The fourth-order valence-corrected chi connectivity index (χ4v) is 1.15. The van der Waals surface area contributed by atoms with Crippen LogP contribution in [0, 0.1) is 5.92 Å². The van der Waals surface area contributed by atoms with Crippen LogP contribution in [-0.4, -0.2) is 0 Å². The lowest BCUT2D eigenvalue weighted by atomic mass is 10.2. The van der Waals surface area contributed by atoms with Crippen LogP contribution in [0.4, 0.5) is 0 Å². The van der Waals surface area contributed by atoms with E-state index >= 15 is 0 Å². The van der Waals surface area contributed by atoms with Crippen molar-refractivity contribution in [3.8, 4) is 0 Å². The number of halogens is 1. The van der Waals surface area contributed by atoms with Crippen LogP contribution in [-0.2, 0) is 0 Å². The van der Waals surface area contributed by atoms with Crippen molar-refractivity contribution in [3.63, 3.8) is 0 Å². The Labute approximate surface area is 77.9 Å². The Morgan fingerprint density at radius 1 is 1.00 bits per heavy atom. The molecule has 1 aromatic carbocycles. The molecule has 0 heterocycles. The standard InChI is InChI=1S/C11H10Cl/c12-11-7-5-10(6-8-11)4-3-9-1-2-9/h3-8H,1-2H2. The van der Waals surface area contributed by atoms with E-state index in [4.69, 9.17) is 11.6 Å². The van der Waals surface area contributed by atoms with Gasteiger partial charge in [0.1, 0.15) is 0 Å². The van der Waals surface area contributed by atoms with E-state index in [0.717, 1.165) is 5.02 Å². The molecular formula is C11H10Cl. The van der Waals surface area contributed by atoms with Gasteiger partial charge in [-0.05, 0) is 36.5 Å². The van der Waals surface area contributed by atoms with Crippen molar-refractivity contribution in [1.82, 2.24) is 0 Å². The largest absolute Gasteiger partial charge is 0.0843 e. The number of allylic oxidation sites excluding steroid dienone is 1. The summed E-state index contributed by atoms with van der Waals surface area (Å²) in [5.41, 5.74) is 1.22. The molecule has 1 aliphatic carbocycles. The topological polar surface area (TPSA) is 0 Å². The van der Waals surface area contributed by atoms with Crippen LogP contribution in [0.15, 0.2) is 30.3 Å². The van der Waals surface area contributed by atoms with E-state index in [0.29, 0.717) is 0 Å². The first-order valence-corrected chi connectivity index (χ1v) is 4.51. The number of hydrogen-bond acceptors (Lipinski definition) is 0. The fraction of sp³-hybridized carbons (Fsp3) is 0.182. The molecule has 1 aliphatic rings. The maximum Gasteiger partial charge on any atom is 0.0406 e. The minimum atomic E-state index is 0.797. The molecule has 61 valence electrons. The smallest absolute Gasteiger partial charge is 0.0406 e. The van der Waals surface area contributed by atoms with E-state index in [2.05, 4.69) is 12.2 Å². The van der Waals surface area contributed by atoms with Gasteiger partial charge in [0, 0.05) is 5.02 Å². The summed E-state index contributed by atoms with van der Waals surface area (Å²) in [5, 5.41) is 0.797.